The lowest BCUT2D eigenvalue weighted by atomic mass is 9.84. The number of benzene rings is 1. The number of halogens is 1. The fourth-order valence-electron chi connectivity index (χ4n) is 7.13. The number of carbonyl (C=O) groups excluding carboxylic acids is 3. The number of anilines is 1. The van der Waals surface area contributed by atoms with Gasteiger partial charge in [0.15, 0.2) is 5.78 Å². The molecule has 4 atom stereocenters. The van der Waals surface area contributed by atoms with Crippen LogP contribution in [0.15, 0.2) is 41.3 Å². The maximum atomic E-state index is 13.7. The van der Waals surface area contributed by atoms with E-state index in [1.54, 1.807) is 17.1 Å². The summed E-state index contributed by atoms with van der Waals surface area (Å²) in [6.07, 6.45) is 7.32. The quantitative estimate of drug-likeness (QED) is 0.159. The van der Waals surface area contributed by atoms with Gasteiger partial charge in [0.25, 0.3) is 0 Å². The molecule has 3 aliphatic carbocycles. The second kappa shape index (κ2) is 10.5. The van der Waals surface area contributed by atoms with Crippen LogP contribution in [0.2, 0.25) is 0 Å². The van der Waals surface area contributed by atoms with E-state index in [9.17, 15) is 14.4 Å². The van der Waals surface area contributed by atoms with Crippen molar-refractivity contribution >= 4 is 50.2 Å². The van der Waals surface area contributed by atoms with Gasteiger partial charge in [-0.15, -0.1) is 0 Å². The maximum Gasteiger partial charge on any atom is 0.248 e. The number of nitrogens with zero attached hydrogens (tertiary/aromatic N) is 5. The lowest BCUT2D eigenvalue weighted by molar-refractivity contribution is -0.127. The Morgan fingerprint density at radius 1 is 1.09 bits per heavy atom. The summed E-state index contributed by atoms with van der Waals surface area (Å²) in [4.78, 5) is 53.4. The molecule has 3 aromatic heterocycles. The van der Waals surface area contributed by atoms with Crippen LogP contribution in [-0.2, 0) is 16.1 Å². The van der Waals surface area contributed by atoms with E-state index in [0.29, 0.717) is 45.6 Å². The van der Waals surface area contributed by atoms with Crippen molar-refractivity contribution in [1.82, 2.24) is 30.0 Å². The zero-order valence-electron chi connectivity index (χ0n) is 26.1. The Bertz CT molecular complexity index is 1900. The number of nitrogens with one attached hydrogen (secondary N) is 2. The van der Waals surface area contributed by atoms with Crippen molar-refractivity contribution in [2.45, 2.75) is 78.8 Å². The summed E-state index contributed by atoms with van der Waals surface area (Å²) in [6.45, 7) is 9.55. The standard InChI is InChI=1S/C34H36BrN7O3/c1-17-6-9-27(35)39-31(17)40-32(45)25(12-33(4)26-13-34(26,33)5)38-28(44)16-42-30-23(20-7-8-20)10-21(22-14-36-19(3)37-15-22)11-24(30)29(41-42)18(2)43/h6,9-11,14-15,20,25-26H,7-8,12-13,16H2,1-5H3,(H,38,44)(H,39,40,45)/t25-,26+,33-,34+/m0/s1. The van der Waals surface area contributed by atoms with E-state index in [0.717, 1.165) is 47.0 Å². The molecule has 7 rings (SSSR count). The monoisotopic (exact) mass is 669 g/mol. The van der Waals surface area contributed by atoms with Gasteiger partial charge in [-0.3, -0.25) is 19.1 Å². The Labute approximate surface area is 269 Å². The summed E-state index contributed by atoms with van der Waals surface area (Å²) in [5.74, 6) is 1.22. The maximum absolute atomic E-state index is 13.7. The molecule has 232 valence electrons. The van der Waals surface area contributed by atoms with Crippen molar-refractivity contribution < 1.29 is 14.4 Å². The summed E-state index contributed by atoms with van der Waals surface area (Å²) in [7, 11) is 0. The molecular weight excluding hydrogens is 634 g/mol. The number of aryl methyl sites for hydroxylation is 2. The molecule has 0 spiro atoms. The molecule has 10 nitrogen and oxygen atoms in total. The van der Waals surface area contributed by atoms with E-state index in [-0.39, 0.29) is 35.0 Å². The molecule has 1 aromatic carbocycles. The molecule has 0 saturated heterocycles. The molecule has 3 heterocycles. The second-order valence-corrected chi connectivity index (χ2v) is 14.3. The van der Waals surface area contributed by atoms with Gasteiger partial charge in [0.05, 0.1) is 5.52 Å². The van der Waals surface area contributed by atoms with Crippen LogP contribution in [0.3, 0.4) is 0 Å². The Hall–Kier alpha value is -3.99. The lowest BCUT2D eigenvalue weighted by Crippen LogP contribution is -2.47. The highest BCUT2D eigenvalue weighted by atomic mass is 79.9. The predicted molar refractivity (Wildman–Crippen MR) is 174 cm³/mol. The number of pyridine rings is 1. The molecule has 0 bridgehead atoms. The molecular formula is C34H36BrN7O3. The molecule has 2 amide bonds. The van der Waals surface area contributed by atoms with E-state index in [4.69, 9.17) is 0 Å². The SMILES string of the molecule is CC(=O)c1nn(CC(=O)N[C@@H](C[C@@]2(C)[C@H]3C[C@]32C)C(=O)Nc2nc(Br)ccc2C)c2c(C3CC3)cc(-c3cnc(C)nc3)cc12. The van der Waals surface area contributed by atoms with Crippen molar-refractivity contribution in [3.63, 3.8) is 0 Å². The molecule has 4 aromatic rings. The molecule has 45 heavy (non-hydrogen) atoms. The first-order valence-electron chi connectivity index (χ1n) is 15.5. The van der Waals surface area contributed by atoms with E-state index in [1.807, 2.05) is 32.0 Å². The highest BCUT2D eigenvalue weighted by Gasteiger charge is 2.83. The van der Waals surface area contributed by atoms with Crippen molar-refractivity contribution in [1.29, 1.82) is 0 Å². The van der Waals surface area contributed by atoms with E-state index in [2.05, 4.69) is 66.5 Å². The Morgan fingerprint density at radius 3 is 2.42 bits per heavy atom. The fourth-order valence-corrected chi connectivity index (χ4v) is 7.43. The average molecular weight is 671 g/mol. The summed E-state index contributed by atoms with van der Waals surface area (Å²) in [6, 6.07) is 7.00. The molecule has 2 N–H and O–H groups in total. The van der Waals surface area contributed by atoms with Crippen LogP contribution in [0.4, 0.5) is 5.82 Å². The minimum Gasteiger partial charge on any atom is -0.343 e. The number of ketones is 1. The summed E-state index contributed by atoms with van der Waals surface area (Å²) < 4.78 is 2.25. The predicted octanol–water partition coefficient (Wildman–Crippen LogP) is 5.91. The van der Waals surface area contributed by atoms with Gasteiger partial charge in [-0.25, -0.2) is 15.0 Å². The van der Waals surface area contributed by atoms with Crippen LogP contribution in [0.1, 0.15) is 79.8 Å². The third-order valence-corrected chi connectivity index (χ3v) is 10.9. The van der Waals surface area contributed by atoms with Gasteiger partial charge in [-0.05, 0) is 113 Å². The van der Waals surface area contributed by atoms with Gasteiger partial charge in [0.1, 0.15) is 34.5 Å². The Kier molecular flexibility index (Phi) is 6.96. The number of hydrogen-bond donors (Lipinski definition) is 2. The number of aromatic nitrogens is 5. The summed E-state index contributed by atoms with van der Waals surface area (Å²) >= 11 is 3.38. The van der Waals surface area contributed by atoms with Gasteiger partial charge in [0.2, 0.25) is 11.8 Å². The molecule has 3 fully saturated rings. The molecule has 0 unspecified atom stereocenters. The van der Waals surface area contributed by atoms with Crippen LogP contribution in [0, 0.1) is 30.6 Å². The molecule has 11 heteroatoms. The van der Waals surface area contributed by atoms with Gasteiger partial charge in [0, 0.05) is 30.3 Å². The molecule has 3 aliphatic rings. The number of carbonyl (C=O) groups is 3. The van der Waals surface area contributed by atoms with Gasteiger partial charge < -0.3 is 10.6 Å². The van der Waals surface area contributed by atoms with Gasteiger partial charge in [-0.2, -0.15) is 5.10 Å². The van der Waals surface area contributed by atoms with E-state index >= 15 is 0 Å². The number of rotatable bonds is 10. The fraction of sp³-hybridized carbons (Fsp3) is 0.441. The summed E-state index contributed by atoms with van der Waals surface area (Å²) in [5, 5.41) is 11.4. The minimum absolute atomic E-state index is 0.00252. The van der Waals surface area contributed by atoms with Crippen LogP contribution >= 0.6 is 15.9 Å². The van der Waals surface area contributed by atoms with Crippen LogP contribution in [0.5, 0.6) is 0 Å². The summed E-state index contributed by atoms with van der Waals surface area (Å²) in [5.41, 5.74) is 4.98. The van der Waals surface area contributed by atoms with Crippen molar-refractivity contribution in [3.8, 4) is 11.1 Å². The zero-order valence-corrected chi connectivity index (χ0v) is 27.7. The van der Waals surface area contributed by atoms with E-state index in [1.165, 1.54) is 6.92 Å². The first kappa shape index (κ1) is 29.7. The Balaban J connectivity index is 1.19. The molecule has 3 saturated carbocycles. The zero-order chi connectivity index (χ0) is 31.8. The third kappa shape index (κ3) is 5.24. The lowest BCUT2D eigenvalue weighted by Gasteiger charge is -2.27. The highest BCUT2D eigenvalue weighted by molar-refractivity contribution is 9.10. The normalized spacial score (nSPS) is 23.7. The second-order valence-electron chi connectivity index (χ2n) is 13.5. The smallest absolute Gasteiger partial charge is 0.248 e. The number of fused-ring (bicyclic) bond motifs is 2. The van der Waals surface area contributed by atoms with Crippen LogP contribution in [0.25, 0.3) is 22.0 Å². The average Bonchev–Trinajstić information content (AvgIpc) is 3.95. The topological polar surface area (TPSA) is 132 Å². The number of amides is 2. The van der Waals surface area contributed by atoms with Crippen LogP contribution in [-0.4, -0.2) is 48.4 Å². The molecule has 0 radical (unpaired) electrons. The Morgan fingerprint density at radius 2 is 1.80 bits per heavy atom. The van der Waals surface area contributed by atoms with Gasteiger partial charge >= 0.3 is 0 Å². The number of hydrogen-bond acceptors (Lipinski definition) is 7. The van der Waals surface area contributed by atoms with E-state index < -0.39 is 6.04 Å². The number of Topliss-reactive ketones (excluding diaryl/α,β-unsaturated/α-hetero) is 1. The molecule has 0 aliphatic heterocycles. The van der Waals surface area contributed by atoms with Crippen molar-refractivity contribution in [2.75, 3.05) is 5.32 Å². The highest BCUT2D eigenvalue weighted by Crippen LogP contribution is 2.88. The minimum atomic E-state index is -0.752. The first-order chi connectivity index (χ1) is 21.4. The van der Waals surface area contributed by atoms with Crippen LogP contribution < -0.4 is 10.6 Å². The van der Waals surface area contributed by atoms with Crippen molar-refractivity contribution in [3.05, 3.63) is 63.9 Å². The van der Waals surface area contributed by atoms with Gasteiger partial charge in [-0.1, -0.05) is 19.9 Å². The largest absolute Gasteiger partial charge is 0.343 e. The van der Waals surface area contributed by atoms with Crippen molar-refractivity contribution in [2.24, 2.45) is 16.7 Å². The third-order valence-electron chi connectivity index (χ3n) is 10.4. The first-order valence-corrected chi connectivity index (χ1v) is 16.2.